The van der Waals surface area contributed by atoms with Crippen LogP contribution in [0.5, 0.6) is 5.75 Å². The highest BCUT2D eigenvalue weighted by atomic mass is 19.1. The monoisotopic (exact) mass is 402 g/mol. The van der Waals surface area contributed by atoms with Crippen molar-refractivity contribution in [2.24, 2.45) is 0 Å². The molecule has 7 nitrogen and oxygen atoms in total. The van der Waals surface area contributed by atoms with Crippen LogP contribution in [0.15, 0.2) is 17.1 Å². The van der Waals surface area contributed by atoms with Crippen LogP contribution in [-0.4, -0.2) is 47.5 Å². The molecule has 29 heavy (non-hydrogen) atoms. The Balaban J connectivity index is 1.80. The topological polar surface area (TPSA) is 81.0 Å². The molecular formula is C21H23FN2O5. The lowest BCUT2D eigenvalue weighted by molar-refractivity contribution is 0.0524. The van der Waals surface area contributed by atoms with Crippen LogP contribution in [0.4, 0.5) is 10.1 Å². The molecule has 2 aromatic rings. The van der Waals surface area contributed by atoms with Gasteiger partial charge in [0.1, 0.15) is 11.3 Å². The molecule has 0 spiro atoms. The minimum absolute atomic E-state index is 0.00176. The number of benzene rings is 1. The Labute approximate surface area is 166 Å². The quantitative estimate of drug-likeness (QED) is 0.794. The van der Waals surface area contributed by atoms with Gasteiger partial charge in [-0.05, 0) is 32.3 Å². The van der Waals surface area contributed by atoms with Crippen molar-refractivity contribution in [3.63, 3.8) is 0 Å². The Morgan fingerprint density at radius 2 is 2.14 bits per heavy atom. The Kier molecular flexibility index (Phi) is 4.27. The van der Waals surface area contributed by atoms with E-state index in [2.05, 4.69) is 0 Å². The van der Waals surface area contributed by atoms with Gasteiger partial charge in [-0.3, -0.25) is 4.79 Å². The number of fused-ring (bicyclic) bond motifs is 5. The molecule has 0 radical (unpaired) electrons. The van der Waals surface area contributed by atoms with E-state index in [9.17, 15) is 14.7 Å². The van der Waals surface area contributed by atoms with Gasteiger partial charge < -0.3 is 24.0 Å². The molecule has 0 amide bonds. The summed E-state index contributed by atoms with van der Waals surface area (Å²) in [7, 11) is 0. The Morgan fingerprint density at radius 1 is 1.34 bits per heavy atom. The van der Waals surface area contributed by atoms with Crippen molar-refractivity contribution in [3.05, 3.63) is 33.9 Å². The Hall–Kier alpha value is -2.61. The van der Waals surface area contributed by atoms with Crippen LogP contribution in [0.1, 0.15) is 49.0 Å². The average molecular weight is 402 g/mol. The van der Waals surface area contributed by atoms with E-state index in [4.69, 9.17) is 9.47 Å². The molecule has 2 fully saturated rings. The zero-order chi connectivity index (χ0) is 20.3. The fraction of sp³-hybridized carbons (Fsp3) is 0.524. The van der Waals surface area contributed by atoms with E-state index in [1.54, 1.807) is 6.92 Å². The van der Waals surface area contributed by atoms with Gasteiger partial charge in [0.25, 0.3) is 0 Å². The number of aromatic nitrogens is 1. The lowest BCUT2D eigenvalue weighted by atomic mass is 10.1. The van der Waals surface area contributed by atoms with Crippen LogP contribution in [0, 0.1) is 5.82 Å². The first kappa shape index (κ1) is 18.4. The smallest absolute Gasteiger partial charge is 0.343 e. The molecule has 1 aromatic heterocycles. The second-order valence-corrected chi connectivity index (χ2v) is 8.00. The zero-order valence-corrected chi connectivity index (χ0v) is 16.2. The molecule has 1 aliphatic carbocycles. The van der Waals surface area contributed by atoms with Crippen LogP contribution in [0.25, 0.3) is 10.9 Å². The number of aliphatic hydroxyl groups is 1. The number of nitrogens with zero attached hydrogens (tertiary/aromatic N) is 2. The number of anilines is 1. The van der Waals surface area contributed by atoms with Gasteiger partial charge in [0, 0.05) is 31.2 Å². The molecule has 8 heteroatoms. The fourth-order valence-corrected chi connectivity index (χ4v) is 4.58. The summed E-state index contributed by atoms with van der Waals surface area (Å²) in [5.74, 6) is -0.947. The number of aliphatic hydroxyl groups excluding tert-OH is 1. The van der Waals surface area contributed by atoms with Crippen molar-refractivity contribution in [1.29, 1.82) is 0 Å². The maximum atomic E-state index is 15.3. The van der Waals surface area contributed by atoms with Crippen molar-refractivity contribution in [3.8, 4) is 5.75 Å². The molecule has 2 atom stereocenters. The summed E-state index contributed by atoms with van der Waals surface area (Å²) in [5, 5.41) is 10.2. The number of pyridine rings is 1. The third-order valence-electron chi connectivity index (χ3n) is 6.01. The number of carbonyl (C=O) groups is 1. The predicted molar refractivity (Wildman–Crippen MR) is 104 cm³/mol. The molecule has 1 saturated carbocycles. The van der Waals surface area contributed by atoms with Gasteiger partial charge in [-0.25, -0.2) is 9.18 Å². The van der Waals surface area contributed by atoms with E-state index in [1.165, 1.54) is 12.3 Å². The summed E-state index contributed by atoms with van der Waals surface area (Å²) in [4.78, 5) is 27.2. The molecule has 154 valence electrons. The maximum absolute atomic E-state index is 15.3. The molecule has 1 unspecified atom stereocenters. The first-order valence-corrected chi connectivity index (χ1v) is 10.2. The summed E-state index contributed by atoms with van der Waals surface area (Å²) in [6.07, 6.45) is 4.08. The summed E-state index contributed by atoms with van der Waals surface area (Å²) in [6, 6.07) is 1.33. The van der Waals surface area contributed by atoms with E-state index in [0.717, 1.165) is 12.8 Å². The summed E-state index contributed by atoms with van der Waals surface area (Å²) in [5.41, 5.74) is 0.176. The van der Waals surface area contributed by atoms with Gasteiger partial charge in [-0.1, -0.05) is 0 Å². The first-order chi connectivity index (χ1) is 14.0. The van der Waals surface area contributed by atoms with Crippen molar-refractivity contribution in [2.45, 2.75) is 50.8 Å². The van der Waals surface area contributed by atoms with E-state index >= 15 is 4.39 Å². The normalized spacial score (nSPS) is 23.3. The summed E-state index contributed by atoms with van der Waals surface area (Å²) < 4.78 is 28.2. The second-order valence-electron chi connectivity index (χ2n) is 8.00. The van der Waals surface area contributed by atoms with E-state index in [1.807, 2.05) is 9.47 Å². The van der Waals surface area contributed by atoms with Crippen molar-refractivity contribution in [1.82, 2.24) is 4.57 Å². The lowest BCUT2D eigenvalue weighted by Gasteiger charge is -2.26. The average Bonchev–Trinajstić information content (AvgIpc) is 3.47. The Bertz CT molecular complexity index is 1060. The highest BCUT2D eigenvalue weighted by Crippen LogP contribution is 2.46. The Morgan fingerprint density at radius 3 is 2.86 bits per heavy atom. The van der Waals surface area contributed by atoms with Gasteiger partial charge in [-0.2, -0.15) is 0 Å². The predicted octanol–water partition coefficient (Wildman–Crippen LogP) is 2.37. The van der Waals surface area contributed by atoms with Gasteiger partial charge >= 0.3 is 5.97 Å². The van der Waals surface area contributed by atoms with Gasteiger partial charge in [0.05, 0.1) is 30.2 Å². The molecule has 1 N–H and O–H groups in total. The highest BCUT2D eigenvalue weighted by molar-refractivity contribution is 5.98. The molecule has 0 bridgehead atoms. The number of hydrogen-bond acceptors (Lipinski definition) is 6. The second kappa shape index (κ2) is 6.73. The molecular weight excluding hydrogens is 379 g/mol. The first-order valence-electron chi connectivity index (χ1n) is 10.2. The third-order valence-corrected chi connectivity index (χ3v) is 6.01. The molecule has 1 saturated heterocycles. The molecule has 3 aliphatic rings. The van der Waals surface area contributed by atoms with Crippen LogP contribution in [-0.2, 0) is 4.74 Å². The van der Waals surface area contributed by atoms with Crippen molar-refractivity contribution < 1.29 is 23.8 Å². The lowest BCUT2D eigenvalue weighted by Crippen LogP contribution is -2.30. The van der Waals surface area contributed by atoms with Crippen LogP contribution in [0.2, 0.25) is 0 Å². The molecule has 5 rings (SSSR count). The summed E-state index contributed by atoms with van der Waals surface area (Å²) in [6.45, 7) is 2.53. The van der Waals surface area contributed by atoms with Crippen LogP contribution >= 0.6 is 0 Å². The molecule has 1 aromatic carbocycles. The summed E-state index contributed by atoms with van der Waals surface area (Å²) >= 11 is 0. The van der Waals surface area contributed by atoms with E-state index in [0.29, 0.717) is 42.9 Å². The van der Waals surface area contributed by atoms with E-state index in [-0.39, 0.29) is 29.6 Å². The zero-order valence-electron chi connectivity index (χ0n) is 16.2. The van der Waals surface area contributed by atoms with Crippen molar-refractivity contribution in [2.75, 3.05) is 24.7 Å². The number of hydrogen-bond donors (Lipinski definition) is 1. The minimum atomic E-state index is -0.701. The van der Waals surface area contributed by atoms with Gasteiger partial charge in [0.15, 0.2) is 11.6 Å². The number of carbonyl (C=O) groups excluding carboxylic acids is 1. The van der Waals surface area contributed by atoms with Gasteiger partial charge in [0.2, 0.25) is 5.43 Å². The van der Waals surface area contributed by atoms with Crippen LogP contribution < -0.4 is 15.1 Å². The maximum Gasteiger partial charge on any atom is 0.343 e. The highest BCUT2D eigenvalue weighted by Gasteiger charge is 2.38. The number of halogens is 1. The fourth-order valence-electron chi connectivity index (χ4n) is 4.58. The number of ether oxygens (including phenoxy) is 2. The number of esters is 1. The van der Waals surface area contributed by atoms with E-state index < -0.39 is 23.3 Å². The SMILES string of the molecule is CCOC(=O)c1cn(C2CC2)c2c3c(c(F)cc2c1=O)N1CC(O)C[C@@H]1CCO3. The van der Waals surface area contributed by atoms with Crippen molar-refractivity contribution >= 4 is 22.6 Å². The van der Waals surface area contributed by atoms with Crippen LogP contribution in [0.3, 0.4) is 0 Å². The molecule has 3 heterocycles. The largest absolute Gasteiger partial charge is 0.489 e. The number of rotatable bonds is 3. The third kappa shape index (κ3) is 2.88. The standard InChI is InChI=1S/C21H23FN2O5/c1-2-28-21(27)15-10-24(11-3-4-11)17-14(19(15)26)8-16(22)18-20(17)29-6-5-12-7-13(25)9-23(12)18/h8,10-13,25H,2-7,9H2,1H3/t12-,13?/m0/s1. The van der Waals surface area contributed by atoms with Gasteiger partial charge in [-0.15, -0.1) is 0 Å². The minimum Gasteiger partial charge on any atom is -0.489 e. The molecule has 2 aliphatic heterocycles.